The summed E-state index contributed by atoms with van der Waals surface area (Å²) in [6.07, 6.45) is 19.7. The number of hydrogen-bond donors (Lipinski definition) is 0. The summed E-state index contributed by atoms with van der Waals surface area (Å²) in [5.74, 6) is 0.366. The van der Waals surface area contributed by atoms with Gasteiger partial charge in [0.05, 0.1) is 0 Å². The maximum absolute atomic E-state index is 14.7. The molecule has 0 bridgehead atoms. The number of aryl methyl sites for hydroxylation is 1. The van der Waals surface area contributed by atoms with E-state index in [1.54, 1.807) is 5.57 Å². The van der Waals surface area contributed by atoms with E-state index in [9.17, 15) is 8.78 Å². The van der Waals surface area contributed by atoms with Crippen molar-refractivity contribution in [2.75, 3.05) is 0 Å². The number of benzene rings is 1. The summed E-state index contributed by atoms with van der Waals surface area (Å²) < 4.78 is 29.4. The molecule has 0 amide bonds. The molecule has 1 unspecified atom stereocenters. The predicted molar refractivity (Wildman–Crippen MR) is 119 cm³/mol. The number of halogens is 2. The van der Waals surface area contributed by atoms with Crippen molar-refractivity contribution in [3.63, 3.8) is 0 Å². The fourth-order valence-electron chi connectivity index (χ4n) is 5.15. The maximum atomic E-state index is 14.7. The Labute approximate surface area is 176 Å². The Kier molecular flexibility index (Phi) is 8.51. The Morgan fingerprint density at radius 3 is 2.41 bits per heavy atom. The van der Waals surface area contributed by atoms with Gasteiger partial charge in [0.25, 0.3) is 0 Å². The molecular weight excluding hydrogens is 362 g/mol. The molecule has 1 saturated carbocycles. The topological polar surface area (TPSA) is 0 Å². The first-order chi connectivity index (χ1) is 14.1. The molecule has 0 saturated heterocycles. The average Bonchev–Trinajstić information content (AvgIpc) is 2.75. The Morgan fingerprint density at radius 1 is 0.966 bits per heavy atom. The van der Waals surface area contributed by atoms with E-state index in [4.69, 9.17) is 0 Å². The Morgan fingerprint density at radius 2 is 1.76 bits per heavy atom. The number of allylic oxidation sites excluding steroid dienone is 4. The number of rotatable bonds is 8. The normalized spacial score (nSPS) is 25.4. The minimum Gasteiger partial charge on any atom is -0.203 e. The molecule has 0 aliphatic heterocycles. The lowest BCUT2D eigenvalue weighted by atomic mass is 9.77. The monoisotopic (exact) mass is 400 g/mol. The zero-order chi connectivity index (χ0) is 20.6. The molecule has 160 valence electrons. The van der Waals surface area contributed by atoms with Crippen LogP contribution in [0.25, 0.3) is 0 Å². The Balaban J connectivity index is 1.51. The third kappa shape index (κ3) is 6.03. The molecule has 0 spiro atoms. The lowest BCUT2D eigenvalue weighted by molar-refractivity contribution is 0.312. The van der Waals surface area contributed by atoms with Gasteiger partial charge in [-0.3, -0.25) is 0 Å². The zero-order valence-electron chi connectivity index (χ0n) is 18.4. The quantitative estimate of drug-likeness (QED) is 0.383. The van der Waals surface area contributed by atoms with Crippen LogP contribution in [0.3, 0.4) is 0 Å². The Hall–Kier alpha value is -1.44. The van der Waals surface area contributed by atoms with E-state index in [1.807, 2.05) is 12.1 Å². The van der Waals surface area contributed by atoms with E-state index >= 15 is 0 Å². The maximum Gasteiger partial charge on any atom is 0.162 e. The second-order valence-electron chi connectivity index (χ2n) is 9.18. The summed E-state index contributed by atoms with van der Waals surface area (Å²) >= 11 is 0. The molecule has 0 aromatic heterocycles. The van der Waals surface area contributed by atoms with Gasteiger partial charge in [0.2, 0.25) is 0 Å². The zero-order valence-corrected chi connectivity index (χ0v) is 18.4. The molecule has 2 aliphatic carbocycles. The molecule has 0 N–H and O–H groups in total. The van der Waals surface area contributed by atoms with Crippen molar-refractivity contribution in [2.45, 2.75) is 96.8 Å². The Bertz CT molecular complexity index is 707. The van der Waals surface area contributed by atoms with E-state index in [1.165, 1.54) is 32.1 Å². The van der Waals surface area contributed by atoms with Crippen LogP contribution in [0.15, 0.2) is 35.9 Å². The fraction of sp³-hybridized carbons (Fsp3) is 0.630. The molecule has 0 radical (unpaired) electrons. The van der Waals surface area contributed by atoms with Crippen LogP contribution in [0.4, 0.5) is 8.78 Å². The average molecular weight is 401 g/mol. The van der Waals surface area contributed by atoms with E-state index in [-0.39, 0.29) is 5.92 Å². The second kappa shape index (κ2) is 11.1. The van der Waals surface area contributed by atoms with E-state index in [0.29, 0.717) is 23.5 Å². The fourth-order valence-corrected chi connectivity index (χ4v) is 5.15. The van der Waals surface area contributed by atoms with Crippen molar-refractivity contribution < 1.29 is 8.78 Å². The van der Waals surface area contributed by atoms with E-state index in [2.05, 4.69) is 32.1 Å². The molecule has 2 aliphatic rings. The third-order valence-corrected chi connectivity index (χ3v) is 7.16. The van der Waals surface area contributed by atoms with Crippen molar-refractivity contribution in [1.29, 1.82) is 0 Å². The largest absolute Gasteiger partial charge is 0.203 e. The van der Waals surface area contributed by atoms with Gasteiger partial charge in [-0.1, -0.05) is 62.6 Å². The van der Waals surface area contributed by atoms with E-state index < -0.39 is 11.6 Å². The SMILES string of the molecule is CCCC1=CCC(C=CCCc2ccc(C3CCC(CC)CC3)c(F)c2F)CC1. The highest BCUT2D eigenvalue weighted by Crippen LogP contribution is 2.38. The molecule has 0 nitrogen and oxygen atoms in total. The summed E-state index contributed by atoms with van der Waals surface area (Å²) in [6, 6.07) is 3.68. The molecule has 2 heteroatoms. The first-order valence-corrected chi connectivity index (χ1v) is 11.9. The van der Waals surface area contributed by atoms with Gasteiger partial charge >= 0.3 is 0 Å². The minimum atomic E-state index is -0.613. The molecule has 3 rings (SSSR count). The van der Waals surface area contributed by atoms with Gasteiger partial charge in [0.15, 0.2) is 11.6 Å². The molecule has 0 heterocycles. The van der Waals surface area contributed by atoms with Crippen LogP contribution in [0, 0.1) is 23.5 Å². The van der Waals surface area contributed by atoms with Gasteiger partial charge in [-0.25, -0.2) is 8.78 Å². The summed E-state index contributed by atoms with van der Waals surface area (Å²) in [5, 5.41) is 0. The molecule has 1 atom stereocenters. The highest BCUT2D eigenvalue weighted by atomic mass is 19.2. The van der Waals surface area contributed by atoms with E-state index in [0.717, 1.165) is 44.4 Å². The first kappa shape index (κ1) is 22.2. The van der Waals surface area contributed by atoms with Crippen LogP contribution < -0.4 is 0 Å². The summed E-state index contributed by atoms with van der Waals surface area (Å²) in [6.45, 7) is 4.46. The lowest BCUT2D eigenvalue weighted by Gasteiger charge is -2.28. The van der Waals surface area contributed by atoms with Gasteiger partial charge in [0, 0.05) is 0 Å². The molecule has 1 aromatic carbocycles. The summed E-state index contributed by atoms with van der Waals surface area (Å²) in [4.78, 5) is 0. The minimum absolute atomic E-state index is 0.193. The van der Waals surface area contributed by atoms with Crippen LogP contribution in [0.1, 0.15) is 102 Å². The van der Waals surface area contributed by atoms with Crippen molar-refractivity contribution in [2.24, 2.45) is 11.8 Å². The van der Waals surface area contributed by atoms with Crippen molar-refractivity contribution in [1.82, 2.24) is 0 Å². The van der Waals surface area contributed by atoms with Crippen LogP contribution in [-0.4, -0.2) is 0 Å². The second-order valence-corrected chi connectivity index (χ2v) is 9.18. The van der Waals surface area contributed by atoms with Crippen LogP contribution in [0.2, 0.25) is 0 Å². The number of hydrogen-bond acceptors (Lipinski definition) is 0. The van der Waals surface area contributed by atoms with Crippen molar-refractivity contribution in [3.8, 4) is 0 Å². The molecule has 1 aromatic rings. The highest BCUT2D eigenvalue weighted by Gasteiger charge is 2.25. The van der Waals surface area contributed by atoms with Gasteiger partial charge in [0.1, 0.15) is 0 Å². The standard InChI is InChI=1S/C27H38F2/c1-3-7-21-10-12-22(13-11-21)8-5-6-9-24-18-19-25(27(29)26(24)28)23-16-14-20(4-2)15-17-23/h5,8,10,18-20,22-23H,3-4,6-7,9,11-17H2,1-2H3. The molecule has 1 fully saturated rings. The van der Waals surface area contributed by atoms with Gasteiger partial charge in [-0.15, -0.1) is 0 Å². The van der Waals surface area contributed by atoms with Crippen LogP contribution >= 0.6 is 0 Å². The van der Waals surface area contributed by atoms with Gasteiger partial charge in [-0.05, 0) is 93.1 Å². The smallest absolute Gasteiger partial charge is 0.162 e. The van der Waals surface area contributed by atoms with Crippen LogP contribution in [-0.2, 0) is 6.42 Å². The van der Waals surface area contributed by atoms with Crippen molar-refractivity contribution in [3.05, 3.63) is 58.7 Å². The predicted octanol–water partition coefficient (Wildman–Crippen LogP) is 8.66. The van der Waals surface area contributed by atoms with Gasteiger partial charge < -0.3 is 0 Å². The lowest BCUT2D eigenvalue weighted by Crippen LogP contribution is -2.14. The summed E-state index contributed by atoms with van der Waals surface area (Å²) in [5.41, 5.74) is 2.73. The third-order valence-electron chi connectivity index (χ3n) is 7.16. The van der Waals surface area contributed by atoms with Crippen LogP contribution in [0.5, 0.6) is 0 Å². The molecule has 29 heavy (non-hydrogen) atoms. The van der Waals surface area contributed by atoms with Crippen molar-refractivity contribution >= 4 is 0 Å². The summed E-state index contributed by atoms with van der Waals surface area (Å²) in [7, 11) is 0. The first-order valence-electron chi connectivity index (χ1n) is 11.9. The highest BCUT2D eigenvalue weighted by molar-refractivity contribution is 5.29. The van der Waals surface area contributed by atoms with Gasteiger partial charge in [-0.2, -0.15) is 0 Å². The molecular formula is C27H38F2.